The molecular weight excluding hydrogens is 429 g/mol. The summed E-state index contributed by atoms with van der Waals surface area (Å²) < 4.78 is 39.0. The van der Waals surface area contributed by atoms with Crippen molar-refractivity contribution < 1.29 is 23.1 Å². The van der Waals surface area contributed by atoms with Crippen LogP contribution in [0.3, 0.4) is 0 Å². The standard InChI is InChI=1S/C26H31F3N2O2/c27-26(28,29)18-30-22(17-19-9-3-1-4-10-19)24(32)31-16-15-25(33,20-11-5-2-6-12-20)21-13-7-8-14-23(21)31/h1-6,9-12,21-23,30,33H,7-8,13-18H2/t21-,22+,23+,25?/m1/s1. The van der Waals surface area contributed by atoms with E-state index in [2.05, 4.69) is 5.32 Å². The zero-order valence-corrected chi connectivity index (χ0v) is 18.6. The average molecular weight is 461 g/mol. The number of likely N-dealkylation sites (tertiary alicyclic amines) is 1. The number of aliphatic hydroxyl groups is 1. The Labute approximate surface area is 192 Å². The van der Waals surface area contributed by atoms with E-state index in [0.717, 1.165) is 36.8 Å². The predicted octanol–water partition coefficient (Wildman–Crippen LogP) is 4.43. The summed E-state index contributed by atoms with van der Waals surface area (Å²) in [5.41, 5.74) is 0.630. The number of hydrogen-bond acceptors (Lipinski definition) is 3. The Balaban J connectivity index is 1.58. The normalized spacial score (nSPS) is 26.5. The van der Waals surface area contributed by atoms with Gasteiger partial charge in [-0.25, -0.2) is 0 Å². The van der Waals surface area contributed by atoms with E-state index in [1.54, 1.807) is 4.90 Å². The van der Waals surface area contributed by atoms with E-state index in [4.69, 9.17) is 0 Å². The molecular formula is C26H31F3N2O2. The van der Waals surface area contributed by atoms with E-state index in [-0.39, 0.29) is 24.3 Å². The molecule has 178 valence electrons. The van der Waals surface area contributed by atoms with Gasteiger partial charge in [-0.2, -0.15) is 13.2 Å². The minimum atomic E-state index is -4.40. The second kappa shape index (κ2) is 9.85. The Kier molecular flexibility index (Phi) is 7.10. The van der Waals surface area contributed by atoms with Crippen molar-refractivity contribution in [2.24, 2.45) is 5.92 Å². The molecule has 2 aliphatic rings. The molecule has 4 rings (SSSR count). The lowest BCUT2D eigenvalue weighted by atomic mass is 9.66. The molecule has 1 aliphatic carbocycles. The number of fused-ring (bicyclic) bond motifs is 1. The number of nitrogens with zero attached hydrogens (tertiary/aromatic N) is 1. The summed E-state index contributed by atoms with van der Waals surface area (Å²) in [6.45, 7) is -0.892. The molecule has 0 radical (unpaired) electrons. The van der Waals surface area contributed by atoms with Crippen molar-refractivity contribution in [2.45, 2.75) is 62.4 Å². The van der Waals surface area contributed by atoms with E-state index in [0.29, 0.717) is 13.0 Å². The van der Waals surface area contributed by atoms with Gasteiger partial charge in [-0.05, 0) is 36.8 Å². The number of nitrogens with one attached hydrogen (secondary N) is 1. The molecule has 2 fully saturated rings. The van der Waals surface area contributed by atoms with Gasteiger partial charge < -0.3 is 10.0 Å². The SMILES string of the molecule is O=C([C@H](Cc1ccccc1)NCC(F)(F)F)N1CCC(O)(c2ccccc2)[C@@H]2CCCC[C@@H]21. The maximum absolute atomic E-state index is 13.6. The van der Waals surface area contributed by atoms with Gasteiger partial charge >= 0.3 is 6.18 Å². The predicted molar refractivity (Wildman–Crippen MR) is 120 cm³/mol. The molecule has 2 aromatic rings. The lowest BCUT2D eigenvalue weighted by Crippen LogP contribution is -2.62. The Morgan fingerprint density at radius 1 is 1.06 bits per heavy atom. The van der Waals surface area contributed by atoms with Crippen LogP contribution in [0.25, 0.3) is 0 Å². The number of carbonyl (C=O) groups is 1. The minimum absolute atomic E-state index is 0.133. The fourth-order valence-electron chi connectivity index (χ4n) is 5.58. The van der Waals surface area contributed by atoms with Crippen molar-refractivity contribution in [3.63, 3.8) is 0 Å². The molecule has 1 saturated heterocycles. The Bertz CT molecular complexity index is 922. The topological polar surface area (TPSA) is 52.6 Å². The van der Waals surface area contributed by atoms with Gasteiger partial charge in [-0.3, -0.25) is 10.1 Å². The van der Waals surface area contributed by atoms with Gasteiger partial charge in [0.25, 0.3) is 0 Å². The fraction of sp³-hybridized carbons (Fsp3) is 0.500. The van der Waals surface area contributed by atoms with Crippen LogP contribution in [0.5, 0.6) is 0 Å². The molecule has 1 heterocycles. The Morgan fingerprint density at radius 2 is 1.70 bits per heavy atom. The zero-order chi connectivity index (χ0) is 23.5. The van der Waals surface area contributed by atoms with Gasteiger partial charge in [0.05, 0.1) is 18.2 Å². The van der Waals surface area contributed by atoms with Crippen LogP contribution in [0, 0.1) is 5.92 Å². The summed E-state index contributed by atoms with van der Waals surface area (Å²) in [6, 6.07) is 17.5. The molecule has 2 N–H and O–H groups in total. The van der Waals surface area contributed by atoms with Crippen LogP contribution in [0.15, 0.2) is 60.7 Å². The highest BCUT2D eigenvalue weighted by atomic mass is 19.4. The number of alkyl halides is 3. The van der Waals surface area contributed by atoms with Gasteiger partial charge in [0.2, 0.25) is 5.91 Å². The number of carbonyl (C=O) groups excluding carboxylic acids is 1. The molecule has 33 heavy (non-hydrogen) atoms. The maximum Gasteiger partial charge on any atom is 0.401 e. The lowest BCUT2D eigenvalue weighted by molar-refractivity contribution is -0.158. The first kappa shape index (κ1) is 23.8. The van der Waals surface area contributed by atoms with Crippen molar-refractivity contribution in [3.8, 4) is 0 Å². The Hall–Kier alpha value is -2.38. The number of hydrogen-bond donors (Lipinski definition) is 2. The quantitative estimate of drug-likeness (QED) is 0.671. The first-order valence-corrected chi connectivity index (χ1v) is 11.7. The summed E-state index contributed by atoms with van der Waals surface area (Å²) in [5, 5.41) is 14.2. The van der Waals surface area contributed by atoms with Gasteiger partial charge in [0.15, 0.2) is 0 Å². The number of benzene rings is 2. The van der Waals surface area contributed by atoms with Crippen LogP contribution in [-0.2, 0) is 16.8 Å². The number of rotatable bonds is 6. The summed E-state index contributed by atoms with van der Waals surface area (Å²) in [7, 11) is 0. The van der Waals surface area contributed by atoms with Gasteiger partial charge in [-0.15, -0.1) is 0 Å². The lowest BCUT2D eigenvalue weighted by Gasteiger charge is -2.53. The van der Waals surface area contributed by atoms with Gasteiger partial charge in [0.1, 0.15) is 0 Å². The molecule has 1 amide bonds. The number of amides is 1. The highest BCUT2D eigenvalue weighted by molar-refractivity contribution is 5.83. The summed E-state index contributed by atoms with van der Waals surface area (Å²) in [4.78, 5) is 15.4. The summed E-state index contributed by atoms with van der Waals surface area (Å²) in [6.07, 6.45) is -0.388. The molecule has 7 heteroatoms. The molecule has 4 nitrogen and oxygen atoms in total. The van der Waals surface area contributed by atoms with Crippen molar-refractivity contribution in [1.29, 1.82) is 0 Å². The van der Waals surface area contributed by atoms with Gasteiger partial charge in [0, 0.05) is 18.5 Å². The van der Waals surface area contributed by atoms with Crippen LogP contribution in [0.4, 0.5) is 13.2 Å². The first-order valence-electron chi connectivity index (χ1n) is 11.7. The van der Waals surface area contributed by atoms with Crippen LogP contribution in [0.2, 0.25) is 0 Å². The number of piperidine rings is 1. The second-order valence-corrected chi connectivity index (χ2v) is 9.27. The maximum atomic E-state index is 13.6. The van der Waals surface area contributed by atoms with Crippen molar-refractivity contribution >= 4 is 5.91 Å². The molecule has 0 bridgehead atoms. The molecule has 0 aromatic heterocycles. The molecule has 4 atom stereocenters. The highest BCUT2D eigenvalue weighted by Gasteiger charge is 2.51. The largest absolute Gasteiger partial charge is 0.401 e. The van der Waals surface area contributed by atoms with Crippen LogP contribution in [-0.4, -0.2) is 47.3 Å². The molecule has 1 unspecified atom stereocenters. The van der Waals surface area contributed by atoms with E-state index in [1.807, 2.05) is 60.7 Å². The fourth-order valence-corrected chi connectivity index (χ4v) is 5.58. The third kappa shape index (κ3) is 5.41. The third-order valence-corrected chi connectivity index (χ3v) is 7.16. The molecule has 1 saturated carbocycles. The number of halogens is 3. The average Bonchev–Trinajstić information content (AvgIpc) is 2.82. The molecule has 0 spiro atoms. The van der Waals surface area contributed by atoms with Gasteiger partial charge in [-0.1, -0.05) is 73.5 Å². The Morgan fingerprint density at radius 3 is 2.36 bits per heavy atom. The second-order valence-electron chi connectivity index (χ2n) is 9.27. The van der Waals surface area contributed by atoms with Crippen molar-refractivity contribution in [2.75, 3.05) is 13.1 Å². The third-order valence-electron chi connectivity index (χ3n) is 7.16. The highest BCUT2D eigenvalue weighted by Crippen LogP contribution is 2.47. The molecule has 1 aliphatic heterocycles. The zero-order valence-electron chi connectivity index (χ0n) is 18.6. The van der Waals surface area contributed by atoms with E-state index >= 15 is 0 Å². The monoisotopic (exact) mass is 460 g/mol. The van der Waals surface area contributed by atoms with E-state index < -0.39 is 24.4 Å². The minimum Gasteiger partial charge on any atom is -0.385 e. The van der Waals surface area contributed by atoms with Crippen LogP contribution < -0.4 is 5.32 Å². The smallest absolute Gasteiger partial charge is 0.385 e. The van der Waals surface area contributed by atoms with E-state index in [9.17, 15) is 23.1 Å². The first-order chi connectivity index (χ1) is 15.8. The van der Waals surface area contributed by atoms with Crippen LogP contribution in [0.1, 0.15) is 43.2 Å². The van der Waals surface area contributed by atoms with E-state index in [1.165, 1.54) is 0 Å². The summed E-state index contributed by atoms with van der Waals surface area (Å²) in [5.74, 6) is -0.443. The van der Waals surface area contributed by atoms with Crippen molar-refractivity contribution in [1.82, 2.24) is 10.2 Å². The molecule has 2 aromatic carbocycles. The summed E-state index contributed by atoms with van der Waals surface area (Å²) >= 11 is 0. The van der Waals surface area contributed by atoms with Crippen molar-refractivity contribution in [3.05, 3.63) is 71.8 Å². The van der Waals surface area contributed by atoms with Crippen LogP contribution >= 0.6 is 0 Å².